The molecule has 1 aromatic rings. The van der Waals surface area contributed by atoms with E-state index in [-0.39, 0.29) is 11.0 Å². The summed E-state index contributed by atoms with van der Waals surface area (Å²) in [5.74, 6) is -1.35. The minimum Gasteiger partial charge on any atom is -0.465 e. The van der Waals surface area contributed by atoms with E-state index in [4.69, 9.17) is 9.47 Å². The Kier molecular flexibility index (Phi) is 7.44. The standard InChI is InChI=1S/C23H31NO4/c1-23(2,3)18(17-12-8-6-9-13-17)16-19(24-14-10-7-11-15-24)20(21(25)27-4)22(26)28-5/h6,8-9,12-13,16H,7,10-11,14-15H2,1-5H3/b18-16+. The molecule has 28 heavy (non-hydrogen) atoms. The zero-order valence-electron chi connectivity index (χ0n) is 17.6. The Bertz CT molecular complexity index is 733. The van der Waals surface area contributed by atoms with Gasteiger partial charge in [0.15, 0.2) is 5.57 Å². The van der Waals surface area contributed by atoms with Gasteiger partial charge in [-0.1, -0.05) is 51.1 Å². The van der Waals surface area contributed by atoms with E-state index in [1.165, 1.54) is 14.2 Å². The van der Waals surface area contributed by atoms with E-state index in [2.05, 4.69) is 25.7 Å². The van der Waals surface area contributed by atoms with Crippen LogP contribution in [0.2, 0.25) is 0 Å². The Hall–Kier alpha value is -2.56. The van der Waals surface area contributed by atoms with Gasteiger partial charge in [0, 0.05) is 13.1 Å². The van der Waals surface area contributed by atoms with Gasteiger partial charge in [0.05, 0.1) is 19.9 Å². The number of ether oxygens (including phenoxy) is 2. The Morgan fingerprint density at radius 3 is 1.93 bits per heavy atom. The fourth-order valence-electron chi connectivity index (χ4n) is 3.44. The summed E-state index contributed by atoms with van der Waals surface area (Å²) in [6, 6.07) is 10.0. The average molecular weight is 386 g/mol. The summed E-state index contributed by atoms with van der Waals surface area (Å²) in [5, 5.41) is 0. The van der Waals surface area contributed by atoms with E-state index in [1.54, 1.807) is 0 Å². The maximum absolute atomic E-state index is 12.5. The summed E-state index contributed by atoms with van der Waals surface area (Å²) >= 11 is 0. The van der Waals surface area contributed by atoms with Crippen molar-refractivity contribution < 1.29 is 19.1 Å². The Labute approximate surface area is 168 Å². The molecule has 0 radical (unpaired) electrons. The summed E-state index contributed by atoms with van der Waals surface area (Å²) < 4.78 is 9.85. The first-order valence-electron chi connectivity index (χ1n) is 9.73. The molecule has 5 nitrogen and oxygen atoms in total. The van der Waals surface area contributed by atoms with Crippen LogP contribution in [0.15, 0.2) is 47.7 Å². The predicted octanol–water partition coefficient (Wildman–Crippen LogP) is 4.20. The van der Waals surface area contributed by atoms with E-state index in [0.29, 0.717) is 5.70 Å². The first-order valence-corrected chi connectivity index (χ1v) is 9.73. The number of piperidine rings is 1. The predicted molar refractivity (Wildman–Crippen MR) is 110 cm³/mol. The molecule has 1 fully saturated rings. The van der Waals surface area contributed by atoms with Gasteiger partial charge < -0.3 is 14.4 Å². The molecule has 0 atom stereocenters. The average Bonchev–Trinajstić information content (AvgIpc) is 2.70. The summed E-state index contributed by atoms with van der Waals surface area (Å²) in [5.41, 5.74) is 2.43. The summed E-state index contributed by atoms with van der Waals surface area (Å²) in [6.45, 7) is 7.94. The number of esters is 2. The highest BCUT2D eigenvalue weighted by Crippen LogP contribution is 2.36. The molecule has 0 aliphatic carbocycles. The minimum absolute atomic E-state index is 0.0513. The van der Waals surface area contributed by atoms with Crippen LogP contribution < -0.4 is 0 Å². The lowest BCUT2D eigenvalue weighted by Crippen LogP contribution is -2.33. The zero-order valence-corrected chi connectivity index (χ0v) is 17.6. The van der Waals surface area contributed by atoms with Crippen LogP contribution in [0.1, 0.15) is 45.6 Å². The van der Waals surface area contributed by atoms with E-state index >= 15 is 0 Å². The quantitative estimate of drug-likeness (QED) is 0.250. The highest BCUT2D eigenvalue weighted by molar-refractivity contribution is 6.15. The lowest BCUT2D eigenvalue weighted by molar-refractivity contribution is -0.144. The molecule has 5 heteroatoms. The van der Waals surface area contributed by atoms with Crippen molar-refractivity contribution in [2.24, 2.45) is 5.41 Å². The summed E-state index contributed by atoms with van der Waals surface area (Å²) in [6.07, 6.45) is 5.14. The number of nitrogens with zero attached hydrogens (tertiary/aromatic N) is 1. The molecular formula is C23H31NO4. The highest BCUT2D eigenvalue weighted by Gasteiger charge is 2.30. The van der Waals surface area contributed by atoms with Crippen molar-refractivity contribution in [3.8, 4) is 0 Å². The number of carbonyl (C=O) groups excluding carboxylic acids is 2. The Morgan fingerprint density at radius 2 is 1.46 bits per heavy atom. The molecule has 1 aromatic carbocycles. The number of allylic oxidation sites excluding steroid dienone is 2. The van der Waals surface area contributed by atoms with Gasteiger partial charge in [0.2, 0.25) is 0 Å². The van der Waals surface area contributed by atoms with Crippen molar-refractivity contribution in [3.63, 3.8) is 0 Å². The van der Waals surface area contributed by atoms with E-state index in [0.717, 1.165) is 43.5 Å². The van der Waals surface area contributed by atoms with Crippen LogP contribution in [0.4, 0.5) is 0 Å². The molecule has 0 unspecified atom stereocenters. The molecule has 0 bridgehead atoms. The molecule has 0 spiro atoms. The normalized spacial score (nSPS) is 15.0. The van der Waals surface area contributed by atoms with Crippen molar-refractivity contribution in [2.45, 2.75) is 40.0 Å². The number of benzene rings is 1. The molecular weight excluding hydrogens is 354 g/mol. The number of hydrogen-bond acceptors (Lipinski definition) is 5. The van der Waals surface area contributed by atoms with E-state index in [9.17, 15) is 9.59 Å². The third-order valence-corrected chi connectivity index (χ3v) is 4.91. The molecule has 0 amide bonds. The molecule has 2 rings (SSSR count). The fourth-order valence-corrected chi connectivity index (χ4v) is 3.44. The highest BCUT2D eigenvalue weighted by atomic mass is 16.5. The monoisotopic (exact) mass is 385 g/mol. The van der Waals surface area contributed by atoms with Gasteiger partial charge in [-0.05, 0) is 41.9 Å². The van der Waals surface area contributed by atoms with Gasteiger partial charge in [-0.15, -0.1) is 0 Å². The smallest absolute Gasteiger partial charge is 0.347 e. The topological polar surface area (TPSA) is 55.8 Å². The lowest BCUT2D eigenvalue weighted by atomic mass is 9.81. The molecule has 1 saturated heterocycles. The Balaban J connectivity index is 2.74. The van der Waals surface area contributed by atoms with Crippen LogP contribution in [0, 0.1) is 5.41 Å². The lowest BCUT2D eigenvalue weighted by Gasteiger charge is -2.33. The molecule has 1 aliphatic rings. The number of likely N-dealkylation sites (tertiary alicyclic amines) is 1. The molecule has 152 valence electrons. The van der Waals surface area contributed by atoms with E-state index < -0.39 is 11.9 Å². The second-order valence-corrected chi connectivity index (χ2v) is 7.97. The first-order chi connectivity index (χ1) is 13.3. The minimum atomic E-state index is -0.676. The summed E-state index contributed by atoms with van der Waals surface area (Å²) in [4.78, 5) is 27.2. The van der Waals surface area contributed by atoms with Crippen LogP contribution in [0.5, 0.6) is 0 Å². The number of hydrogen-bond donors (Lipinski definition) is 0. The van der Waals surface area contributed by atoms with E-state index in [1.807, 2.05) is 36.4 Å². The van der Waals surface area contributed by atoms with Gasteiger partial charge in [-0.3, -0.25) is 0 Å². The second kappa shape index (κ2) is 9.58. The second-order valence-electron chi connectivity index (χ2n) is 7.97. The van der Waals surface area contributed by atoms with Gasteiger partial charge in [0.1, 0.15) is 0 Å². The van der Waals surface area contributed by atoms with Crippen LogP contribution in [0.25, 0.3) is 5.57 Å². The van der Waals surface area contributed by atoms with Crippen LogP contribution >= 0.6 is 0 Å². The van der Waals surface area contributed by atoms with Crippen LogP contribution in [0.3, 0.4) is 0 Å². The third kappa shape index (κ3) is 5.24. The molecule has 0 saturated carbocycles. The van der Waals surface area contributed by atoms with Gasteiger partial charge in [-0.2, -0.15) is 0 Å². The van der Waals surface area contributed by atoms with Crippen LogP contribution in [-0.2, 0) is 19.1 Å². The van der Waals surface area contributed by atoms with Crippen molar-refractivity contribution in [1.29, 1.82) is 0 Å². The van der Waals surface area contributed by atoms with Crippen molar-refractivity contribution in [1.82, 2.24) is 4.90 Å². The van der Waals surface area contributed by atoms with Crippen LogP contribution in [-0.4, -0.2) is 44.1 Å². The number of carbonyl (C=O) groups is 2. The van der Waals surface area contributed by atoms with Gasteiger partial charge >= 0.3 is 11.9 Å². The maximum atomic E-state index is 12.5. The number of methoxy groups -OCH3 is 2. The fraction of sp³-hybridized carbons (Fsp3) is 0.478. The SMILES string of the molecule is COC(=O)C(C(=O)OC)=C(/C=C(\c1ccccc1)C(C)(C)C)N1CCCCC1. The largest absolute Gasteiger partial charge is 0.465 e. The van der Waals surface area contributed by atoms with Crippen molar-refractivity contribution >= 4 is 17.5 Å². The van der Waals surface area contributed by atoms with Crippen molar-refractivity contribution in [2.75, 3.05) is 27.3 Å². The summed E-state index contributed by atoms with van der Waals surface area (Å²) in [7, 11) is 2.56. The molecule has 1 aliphatic heterocycles. The Morgan fingerprint density at radius 1 is 0.929 bits per heavy atom. The molecule has 1 heterocycles. The first kappa shape index (κ1) is 21.7. The maximum Gasteiger partial charge on any atom is 0.347 e. The zero-order chi connectivity index (χ0) is 20.7. The van der Waals surface area contributed by atoms with Crippen molar-refractivity contribution in [3.05, 3.63) is 53.2 Å². The third-order valence-electron chi connectivity index (χ3n) is 4.91. The molecule has 0 N–H and O–H groups in total. The van der Waals surface area contributed by atoms with Gasteiger partial charge in [0.25, 0.3) is 0 Å². The van der Waals surface area contributed by atoms with Gasteiger partial charge in [-0.25, -0.2) is 9.59 Å². The molecule has 0 aromatic heterocycles. The number of rotatable bonds is 5.